The molecule has 1 rings (SSSR count). The molecule has 5 heteroatoms. The normalized spacial score (nSPS) is 16.4. The monoisotopic (exact) mass is 273 g/mol. The Hall–Kier alpha value is -0.460. The Bertz CT molecular complexity index is 305. The highest BCUT2D eigenvalue weighted by Crippen LogP contribution is 2.17. The number of nitrogens with one attached hydrogen (secondary N) is 1. The minimum Gasteiger partial charge on any atom is -0.389 e. The lowest BCUT2D eigenvalue weighted by Gasteiger charge is -2.18. The van der Waals surface area contributed by atoms with E-state index in [9.17, 15) is 5.11 Å². The van der Waals surface area contributed by atoms with Crippen LogP contribution >= 0.6 is 11.3 Å². The van der Waals surface area contributed by atoms with E-state index in [4.69, 9.17) is 9.47 Å². The zero-order valence-electron chi connectivity index (χ0n) is 11.3. The lowest BCUT2D eigenvalue weighted by Crippen LogP contribution is -2.33. The fraction of sp³-hybridized carbons (Fsp3) is 0.692. The second-order valence-corrected chi connectivity index (χ2v) is 5.38. The van der Waals surface area contributed by atoms with Crippen molar-refractivity contribution in [3.8, 4) is 0 Å². The third kappa shape index (κ3) is 5.93. The molecule has 2 unspecified atom stereocenters. The Labute approximate surface area is 113 Å². The molecule has 4 nitrogen and oxygen atoms in total. The van der Waals surface area contributed by atoms with E-state index in [-0.39, 0.29) is 12.1 Å². The van der Waals surface area contributed by atoms with Gasteiger partial charge >= 0.3 is 0 Å². The summed E-state index contributed by atoms with van der Waals surface area (Å²) in [7, 11) is 1.64. The highest BCUT2D eigenvalue weighted by atomic mass is 32.1. The van der Waals surface area contributed by atoms with Crippen molar-refractivity contribution < 1.29 is 14.6 Å². The van der Waals surface area contributed by atoms with Crippen molar-refractivity contribution in [2.75, 3.05) is 26.9 Å². The topological polar surface area (TPSA) is 50.7 Å². The van der Waals surface area contributed by atoms with Gasteiger partial charge < -0.3 is 19.9 Å². The molecular formula is C13H23NO3S. The molecule has 2 N–H and O–H groups in total. The number of ether oxygens (including phenoxy) is 2. The Balaban J connectivity index is 2.15. The average molecular weight is 273 g/mol. The van der Waals surface area contributed by atoms with Crippen LogP contribution in [0.2, 0.25) is 0 Å². The Kier molecular flexibility index (Phi) is 7.46. The fourth-order valence-electron chi connectivity index (χ4n) is 1.57. The summed E-state index contributed by atoms with van der Waals surface area (Å²) >= 11 is 1.72. The third-order valence-corrected chi connectivity index (χ3v) is 3.66. The second kappa shape index (κ2) is 8.61. The molecule has 0 aliphatic carbocycles. The molecule has 1 aromatic rings. The molecule has 0 spiro atoms. The lowest BCUT2D eigenvalue weighted by molar-refractivity contribution is -0.0315. The predicted octanol–water partition coefficient (Wildman–Crippen LogP) is 1.81. The van der Waals surface area contributed by atoms with Gasteiger partial charge in [0.1, 0.15) is 0 Å². The van der Waals surface area contributed by atoms with Gasteiger partial charge in [0, 0.05) is 24.6 Å². The zero-order chi connectivity index (χ0) is 13.4. The van der Waals surface area contributed by atoms with E-state index in [0.29, 0.717) is 19.8 Å². The van der Waals surface area contributed by atoms with Gasteiger partial charge in [0.2, 0.25) is 0 Å². The van der Waals surface area contributed by atoms with Crippen molar-refractivity contribution in [3.05, 3.63) is 22.4 Å². The minimum atomic E-state index is -0.494. The molecule has 0 aromatic carbocycles. The van der Waals surface area contributed by atoms with Crippen molar-refractivity contribution >= 4 is 11.3 Å². The molecular weight excluding hydrogens is 250 g/mol. The quantitative estimate of drug-likeness (QED) is 0.720. The SMILES string of the molecule is COCC(C)OCC(O)CN[C@@H](C)c1cccs1. The molecule has 0 aliphatic rings. The summed E-state index contributed by atoms with van der Waals surface area (Å²) in [5.74, 6) is 0. The number of hydrogen-bond acceptors (Lipinski definition) is 5. The molecule has 3 atom stereocenters. The van der Waals surface area contributed by atoms with E-state index in [2.05, 4.69) is 23.7 Å². The van der Waals surface area contributed by atoms with Crippen LogP contribution in [0.4, 0.5) is 0 Å². The second-order valence-electron chi connectivity index (χ2n) is 4.40. The van der Waals surface area contributed by atoms with Gasteiger partial charge in [-0.15, -0.1) is 11.3 Å². The van der Waals surface area contributed by atoms with Crippen molar-refractivity contribution in [2.24, 2.45) is 0 Å². The van der Waals surface area contributed by atoms with Crippen molar-refractivity contribution in [3.63, 3.8) is 0 Å². The van der Waals surface area contributed by atoms with Crippen LogP contribution in [0.5, 0.6) is 0 Å². The van der Waals surface area contributed by atoms with Crippen LogP contribution in [0.25, 0.3) is 0 Å². The van der Waals surface area contributed by atoms with E-state index in [1.807, 2.05) is 13.0 Å². The molecule has 0 aliphatic heterocycles. The van der Waals surface area contributed by atoms with Crippen molar-refractivity contribution in [1.82, 2.24) is 5.32 Å². The Morgan fingerprint density at radius 1 is 1.39 bits per heavy atom. The largest absolute Gasteiger partial charge is 0.389 e. The van der Waals surface area contributed by atoms with E-state index in [1.165, 1.54) is 4.88 Å². The highest BCUT2D eigenvalue weighted by Gasteiger charge is 2.11. The number of methoxy groups -OCH3 is 1. The maximum Gasteiger partial charge on any atom is 0.0898 e. The number of aliphatic hydroxyl groups is 1. The number of hydrogen-bond donors (Lipinski definition) is 2. The van der Waals surface area contributed by atoms with Crippen LogP contribution in [0.1, 0.15) is 24.8 Å². The maximum atomic E-state index is 9.79. The van der Waals surface area contributed by atoms with E-state index >= 15 is 0 Å². The smallest absolute Gasteiger partial charge is 0.0898 e. The third-order valence-electron chi connectivity index (χ3n) is 2.60. The van der Waals surface area contributed by atoms with E-state index in [1.54, 1.807) is 18.4 Å². The molecule has 104 valence electrons. The summed E-state index contributed by atoms with van der Waals surface area (Å²) in [4.78, 5) is 1.27. The van der Waals surface area contributed by atoms with Crippen LogP contribution in [-0.4, -0.2) is 44.2 Å². The first kappa shape index (κ1) is 15.6. The van der Waals surface area contributed by atoms with E-state index in [0.717, 1.165) is 0 Å². The molecule has 0 bridgehead atoms. The first-order chi connectivity index (χ1) is 8.63. The molecule has 0 radical (unpaired) electrons. The Morgan fingerprint density at radius 3 is 2.78 bits per heavy atom. The van der Waals surface area contributed by atoms with Crippen molar-refractivity contribution in [1.29, 1.82) is 0 Å². The lowest BCUT2D eigenvalue weighted by atomic mass is 10.2. The molecule has 0 saturated carbocycles. The average Bonchev–Trinajstić information content (AvgIpc) is 2.87. The van der Waals surface area contributed by atoms with Gasteiger partial charge in [-0.3, -0.25) is 0 Å². The summed E-state index contributed by atoms with van der Waals surface area (Å²) in [6, 6.07) is 4.38. The molecule has 0 amide bonds. The van der Waals surface area contributed by atoms with Crippen LogP contribution in [0.3, 0.4) is 0 Å². The van der Waals surface area contributed by atoms with E-state index < -0.39 is 6.10 Å². The number of thiophene rings is 1. The van der Waals surface area contributed by atoms with Gasteiger partial charge in [-0.1, -0.05) is 6.07 Å². The summed E-state index contributed by atoms with van der Waals surface area (Å²) < 4.78 is 10.4. The number of rotatable bonds is 9. The summed E-state index contributed by atoms with van der Waals surface area (Å²) in [6.45, 7) is 5.42. The molecule has 18 heavy (non-hydrogen) atoms. The first-order valence-electron chi connectivity index (χ1n) is 6.19. The van der Waals surface area contributed by atoms with Crippen LogP contribution < -0.4 is 5.32 Å². The van der Waals surface area contributed by atoms with Gasteiger partial charge in [0.25, 0.3) is 0 Å². The van der Waals surface area contributed by atoms with Gasteiger partial charge in [0.15, 0.2) is 0 Å². The standard InChI is InChI=1S/C13H23NO3S/c1-10(8-16-3)17-9-12(15)7-14-11(2)13-5-4-6-18-13/h4-6,10-12,14-15H,7-9H2,1-3H3/t10?,11-,12?/m0/s1. The number of aliphatic hydroxyl groups excluding tert-OH is 1. The molecule has 1 heterocycles. The fourth-order valence-corrected chi connectivity index (χ4v) is 2.33. The van der Waals surface area contributed by atoms with Crippen molar-refractivity contribution in [2.45, 2.75) is 32.1 Å². The van der Waals surface area contributed by atoms with Gasteiger partial charge in [-0.2, -0.15) is 0 Å². The summed E-state index contributed by atoms with van der Waals surface area (Å²) in [5, 5.41) is 15.1. The highest BCUT2D eigenvalue weighted by molar-refractivity contribution is 7.10. The summed E-state index contributed by atoms with van der Waals surface area (Å²) in [6.07, 6.45) is -0.480. The van der Waals surface area contributed by atoms with Gasteiger partial charge in [-0.05, 0) is 25.3 Å². The van der Waals surface area contributed by atoms with Crippen LogP contribution in [-0.2, 0) is 9.47 Å². The Morgan fingerprint density at radius 2 is 2.17 bits per heavy atom. The van der Waals surface area contributed by atoms with Gasteiger partial charge in [0.05, 0.1) is 25.4 Å². The predicted molar refractivity (Wildman–Crippen MR) is 74.0 cm³/mol. The molecule has 0 saturated heterocycles. The summed E-state index contributed by atoms with van der Waals surface area (Å²) in [5.41, 5.74) is 0. The molecule has 0 fully saturated rings. The first-order valence-corrected chi connectivity index (χ1v) is 7.06. The minimum absolute atomic E-state index is 0.0133. The van der Waals surface area contributed by atoms with Crippen LogP contribution in [0.15, 0.2) is 17.5 Å². The molecule has 1 aromatic heterocycles. The van der Waals surface area contributed by atoms with Gasteiger partial charge in [-0.25, -0.2) is 0 Å². The maximum absolute atomic E-state index is 9.79. The zero-order valence-corrected chi connectivity index (χ0v) is 12.1. The van der Waals surface area contributed by atoms with Crippen LogP contribution in [0, 0.1) is 0 Å².